The van der Waals surface area contributed by atoms with Crippen molar-refractivity contribution in [1.29, 1.82) is 0 Å². The number of rotatable bonds is 2. The molecule has 0 saturated carbocycles. The van der Waals surface area contributed by atoms with Gasteiger partial charge in [-0.3, -0.25) is 0 Å². The Balaban J connectivity index is 1.60. The van der Waals surface area contributed by atoms with Crippen LogP contribution >= 0.6 is 0 Å². The highest BCUT2D eigenvalue weighted by molar-refractivity contribution is 6.12. The van der Waals surface area contributed by atoms with Crippen molar-refractivity contribution in [2.24, 2.45) is 0 Å². The summed E-state index contributed by atoms with van der Waals surface area (Å²) >= 11 is 0. The molecule has 5 aromatic rings. The van der Waals surface area contributed by atoms with Gasteiger partial charge < -0.3 is 4.98 Å². The van der Waals surface area contributed by atoms with Crippen molar-refractivity contribution in [2.45, 2.75) is 19.3 Å². The Morgan fingerprint density at radius 3 is 2.33 bits per heavy atom. The molecule has 0 spiro atoms. The number of hydrogen-bond acceptors (Lipinski definition) is 0. The largest absolute Gasteiger partial charge is 0.354 e. The van der Waals surface area contributed by atoms with Gasteiger partial charge in [-0.15, -0.1) is 0 Å². The highest BCUT2D eigenvalue weighted by Gasteiger charge is 2.37. The molecule has 0 radical (unpaired) electrons. The van der Waals surface area contributed by atoms with Crippen molar-refractivity contribution in [2.75, 3.05) is 0 Å². The Morgan fingerprint density at radius 1 is 0.767 bits per heavy atom. The van der Waals surface area contributed by atoms with Crippen molar-refractivity contribution in [3.63, 3.8) is 0 Å². The van der Waals surface area contributed by atoms with Gasteiger partial charge in [-0.25, -0.2) is 0 Å². The normalized spacial score (nSPS) is 14.1. The summed E-state index contributed by atoms with van der Waals surface area (Å²) in [5, 5.41) is 2.58. The Morgan fingerprint density at radius 2 is 1.53 bits per heavy atom. The SMILES string of the molecule is C=Cc1ccc(-c2ccc3[nH]c4c5c(ccc4c3c2)-c2ccccc2C5(C)C)cc1. The molecule has 1 heterocycles. The molecule has 0 atom stereocenters. The van der Waals surface area contributed by atoms with E-state index in [0.29, 0.717) is 0 Å². The van der Waals surface area contributed by atoms with Gasteiger partial charge in [-0.1, -0.05) is 93.2 Å². The molecule has 144 valence electrons. The number of aromatic amines is 1. The number of nitrogens with one attached hydrogen (secondary N) is 1. The van der Waals surface area contributed by atoms with Crippen LogP contribution in [0.5, 0.6) is 0 Å². The van der Waals surface area contributed by atoms with Crippen LogP contribution in [-0.2, 0) is 5.41 Å². The molecule has 0 fully saturated rings. The average molecular weight is 386 g/mol. The fraction of sp³-hybridized carbons (Fsp3) is 0.103. The summed E-state index contributed by atoms with van der Waals surface area (Å²) in [6, 6.07) is 28.7. The zero-order valence-electron chi connectivity index (χ0n) is 17.3. The number of aromatic nitrogens is 1. The van der Waals surface area contributed by atoms with Crippen LogP contribution in [0.15, 0.2) is 85.4 Å². The van der Waals surface area contributed by atoms with E-state index in [0.717, 1.165) is 5.56 Å². The van der Waals surface area contributed by atoms with Crippen LogP contribution in [0.4, 0.5) is 0 Å². The molecule has 30 heavy (non-hydrogen) atoms. The molecule has 1 aliphatic rings. The first-order valence-electron chi connectivity index (χ1n) is 10.5. The molecule has 1 aliphatic carbocycles. The van der Waals surface area contributed by atoms with Crippen LogP contribution in [-0.4, -0.2) is 4.98 Å². The van der Waals surface area contributed by atoms with Gasteiger partial charge in [0.2, 0.25) is 0 Å². The molecule has 1 N–H and O–H groups in total. The Labute approximate surface area is 176 Å². The van der Waals surface area contributed by atoms with E-state index >= 15 is 0 Å². The lowest BCUT2D eigenvalue weighted by atomic mass is 9.81. The first-order valence-corrected chi connectivity index (χ1v) is 10.5. The molecular formula is C29H23N. The van der Waals surface area contributed by atoms with Crippen molar-refractivity contribution >= 4 is 27.9 Å². The molecule has 1 nitrogen and oxygen atoms in total. The zero-order valence-corrected chi connectivity index (χ0v) is 17.3. The number of H-pyrrole nitrogens is 1. The van der Waals surface area contributed by atoms with Gasteiger partial charge in [-0.05, 0) is 51.1 Å². The average Bonchev–Trinajstić information content (AvgIpc) is 3.26. The van der Waals surface area contributed by atoms with Gasteiger partial charge in [0.05, 0.1) is 5.52 Å². The second-order valence-electron chi connectivity index (χ2n) is 8.79. The molecule has 0 aliphatic heterocycles. The molecule has 0 bridgehead atoms. The monoisotopic (exact) mass is 385 g/mol. The molecule has 1 aromatic heterocycles. The van der Waals surface area contributed by atoms with E-state index in [4.69, 9.17) is 0 Å². The van der Waals surface area contributed by atoms with Gasteiger partial charge in [0.15, 0.2) is 0 Å². The molecule has 0 unspecified atom stereocenters. The quantitative estimate of drug-likeness (QED) is 0.317. The summed E-state index contributed by atoms with van der Waals surface area (Å²) in [6.45, 7) is 8.54. The number of fused-ring (bicyclic) bond motifs is 7. The lowest BCUT2D eigenvalue weighted by Gasteiger charge is -2.22. The number of benzene rings is 4. The van der Waals surface area contributed by atoms with Crippen LogP contribution in [0.3, 0.4) is 0 Å². The maximum absolute atomic E-state index is 3.85. The third-order valence-electron chi connectivity index (χ3n) is 6.77. The van der Waals surface area contributed by atoms with Crippen molar-refractivity contribution in [3.05, 3.63) is 102 Å². The summed E-state index contributed by atoms with van der Waals surface area (Å²) in [6.07, 6.45) is 1.88. The van der Waals surface area contributed by atoms with Gasteiger partial charge >= 0.3 is 0 Å². The van der Waals surface area contributed by atoms with E-state index in [1.54, 1.807) is 0 Å². The lowest BCUT2D eigenvalue weighted by Crippen LogP contribution is -2.15. The first-order chi connectivity index (χ1) is 14.6. The maximum Gasteiger partial charge on any atom is 0.0512 e. The molecular weight excluding hydrogens is 362 g/mol. The molecule has 0 saturated heterocycles. The van der Waals surface area contributed by atoms with E-state index in [-0.39, 0.29) is 5.41 Å². The predicted molar refractivity (Wildman–Crippen MR) is 129 cm³/mol. The summed E-state index contributed by atoms with van der Waals surface area (Å²) in [5.74, 6) is 0. The fourth-order valence-electron chi connectivity index (χ4n) is 5.23. The Kier molecular flexibility index (Phi) is 3.44. The van der Waals surface area contributed by atoms with Crippen LogP contribution in [0.25, 0.3) is 50.1 Å². The fourth-order valence-corrected chi connectivity index (χ4v) is 5.23. The molecule has 0 amide bonds. The van der Waals surface area contributed by atoms with Gasteiger partial charge in [0.1, 0.15) is 0 Å². The summed E-state index contributed by atoms with van der Waals surface area (Å²) in [4.78, 5) is 3.75. The minimum absolute atomic E-state index is 0.0182. The standard InChI is InChI=1S/C29H23N/c1-4-18-9-11-19(12-10-18)20-13-16-26-24(17-20)23-15-14-22-21-7-5-6-8-25(21)29(2,3)27(22)28(23)30-26/h4-17,30H,1H2,2-3H3. The van der Waals surface area contributed by atoms with E-state index in [1.165, 1.54) is 55.2 Å². The van der Waals surface area contributed by atoms with Crippen LogP contribution in [0.2, 0.25) is 0 Å². The summed E-state index contributed by atoms with van der Waals surface area (Å²) in [5.41, 5.74) is 11.6. The minimum Gasteiger partial charge on any atom is -0.354 e. The minimum atomic E-state index is -0.0182. The predicted octanol–water partition coefficient (Wildman–Crippen LogP) is 7.94. The van der Waals surface area contributed by atoms with Crippen molar-refractivity contribution < 1.29 is 0 Å². The van der Waals surface area contributed by atoms with Crippen LogP contribution in [0, 0.1) is 0 Å². The molecule has 1 heteroatoms. The summed E-state index contributed by atoms with van der Waals surface area (Å²) < 4.78 is 0. The van der Waals surface area contributed by atoms with Crippen LogP contribution in [0.1, 0.15) is 30.5 Å². The zero-order chi connectivity index (χ0) is 20.5. The Hall–Kier alpha value is -3.58. The second kappa shape index (κ2) is 5.96. The lowest BCUT2D eigenvalue weighted by molar-refractivity contribution is 0.665. The van der Waals surface area contributed by atoms with Gasteiger partial charge in [0, 0.05) is 21.7 Å². The Bertz CT molecular complexity index is 1460. The maximum atomic E-state index is 3.85. The van der Waals surface area contributed by atoms with Gasteiger partial charge in [0.25, 0.3) is 0 Å². The van der Waals surface area contributed by atoms with E-state index in [2.05, 4.69) is 104 Å². The van der Waals surface area contributed by atoms with Gasteiger partial charge in [-0.2, -0.15) is 0 Å². The molecule has 6 rings (SSSR count). The van der Waals surface area contributed by atoms with E-state index < -0.39 is 0 Å². The first kappa shape index (κ1) is 17.3. The van der Waals surface area contributed by atoms with Crippen molar-refractivity contribution in [1.82, 2.24) is 4.98 Å². The van der Waals surface area contributed by atoms with Crippen molar-refractivity contribution in [3.8, 4) is 22.3 Å². The topological polar surface area (TPSA) is 15.8 Å². The summed E-state index contributed by atoms with van der Waals surface area (Å²) in [7, 11) is 0. The number of hydrogen-bond donors (Lipinski definition) is 1. The smallest absolute Gasteiger partial charge is 0.0512 e. The third kappa shape index (κ3) is 2.23. The second-order valence-corrected chi connectivity index (χ2v) is 8.79. The molecule has 4 aromatic carbocycles. The highest BCUT2D eigenvalue weighted by Crippen LogP contribution is 2.51. The third-order valence-corrected chi connectivity index (χ3v) is 6.77. The highest BCUT2D eigenvalue weighted by atomic mass is 14.7. The van der Waals surface area contributed by atoms with E-state index in [1.807, 2.05) is 6.08 Å². The van der Waals surface area contributed by atoms with Crippen LogP contribution < -0.4 is 0 Å². The van der Waals surface area contributed by atoms with E-state index in [9.17, 15) is 0 Å².